The van der Waals surface area contributed by atoms with Gasteiger partial charge >= 0.3 is 0 Å². The highest BCUT2D eigenvalue weighted by Crippen LogP contribution is 2.23. The Labute approximate surface area is 129 Å². The van der Waals surface area contributed by atoms with Crippen LogP contribution >= 0.6 is 11.3 Å². The molecule has 0 atom stereocenters. The van der Waals surface area contributed by atoms with Gasteiger partial charge in [0.05, 0.1) is 5.69 Å². The number of carbonyl (C=O) groups is 1. The molecule has 2 aromatic rings. The van der Waals surface area contributed by atoms with Gasteiger partial charge in [-0.15, -0.1) is 11.3 Å². The molecule has 0 fully saturated rings. The minimum absolute atomic E-state index is 0.0116. The highest BCUT2D eigenvalue weighted by molar-refractivity contribution is 7.13. The molecule has 0 unspecified atom stereocenters. The molecule has 0 aliphatic carbocycles. The summed E-state index contributed by atoms with van der Waals surface area (Å²) in [6.07, 6.45) is 0. The van der Waals surface area contributed by atoms with Crippen molar-refractivity contribution in [1.82, 2.24) is 4.98 Å². The van der Waals surface area contributed by atoms with Crippen molar-refractivity contribution >= 4 is 22.4 Å². The third kappa shape index (κ3) is 4.04. The lowest BCUT2D eigenvalue weighted by Crippen LogP contribution is -2.20. The summed E-state index contributed by atoms with van der Waals surface area (Å²) in [7, 11) is 0. The van der Waals surface area contributed by atoms with E-state index in [4.69, 9.17) is 4.74 Å². The lowest BCUT2D eigenvalue weighted by Gasteiger charge is -2.11. The van der Waals surface area contributed by atoms with Gasteiger partial charge in [-0.05, 0) is 30.9 Å². The van der Waals surface area contributed by atoms with E-state index in [1.54, 1.807) is 0 Å². The fraction of sp³-hybridized carbons (Fsp3) is 0.375. The van der Waals surface area contributed by atoms with Gasteiger partial charge in [0.15, 0.2) is 11.7 Å². The molecule has 0 saturated heterocycles. The lowest BCUT2D eigenvalue weighted by atomic mass is 10.1. The van der Waals surface area contributed by atoms with Gasteiger partial charge in [0, 0.05) is 5.38 Å². The van der Waals surface area contributed by atoms with Crippen LogP contribution in [0.4, 0.5) is 5.13 Å². The van der Waals surface area contributed by atoms with Crippen molar-refractivity contribution < 1.29 is 9.53 Å². The molecule has 21 heavy (non-hydrogen) atoms. The molecule has 0 radical (unpaired) electrons. The average molecular weight is 304 g/mol. The topological polar surface area (TPSA) is 51.2 Å². The number of benzene rings is 1. The molecule has 0 saturated carbocycles. The fourth-order valence-electron chi connectivity index (χ4n) is 1.93. The van der Waals surface area contributed by atoms with Crippen molar-refractivity contribution in [3.05, 3.63) is 40.4 Å². The van der Waals surface area contributed by atoms with Crippen LogP contribution in [0.2, 0.25) is 0 Å². The lowest BCUT2D eigenvalue weighted by molar-refractivity contribution is -0.118. The first kappa shape index (κ1) is 15.5. The Hall–Kier alpha value is -1.88. The molecule has 1 amide bonds. The third-order valence-corrected chi connectivity index (χ3v) is 3.89. The van der Waals surface area contributed by atoms with Crippen LogP contribution < -0.4 is 10.1 Å². The molecule has 0 spiro atoms. The van der Waals surface area contributed by atoms with E-state index in [2.05, 4.69) is 24.1 Å². The van der Waals surface area contributed by atoms with Gasteiger partial charge in [-0.1, -0.05) is 32.0 Å². The minimum Gasteiger partial charge on any atom is -0.483 e. The summed E-state index contributed by atoms with van der Waals surface area (Å²) in [5.74, 6) is 0.940. The fourth-order valence-corrected chi connectivity index (χ4v) is 2.82. The molecule has 1 heterocycles. The number of nitrogens with zero attached hydrogens (tertiary/aromatic N) is 1. The maximum Gasteiger partial charge on any atom is 0.264 e. The molecular weight excluding hydrogens is 284 g/mol. The average Bonchev–Trinajstić information content (AvgIpc) is 2.87. The van der Waals surface area contributed by atoms with E-state index < -0.39 is 0 Å². The summed E-state index contributed by atoms with van der Waals surface area (Å²) in [5.41, 5.74) is 3.05. The summed E-state index contributed by atoms with van der Waals surface area (Å²) >= 11 is 1.44. The van der Waals surface area contributed by atoms with E-state index in [1.165, 1.54) is 11.3 Å². The van der Waals surface area contributed by atoms with Crippen LogP contribution in [-0.4, -0.2) is 17.5 Å². The summed E-state index contributed by atoms with van der Waals surface area (Å²) in [4.78, 5) is 16.3. The Morgan fingerprint density at radius 3 is 2.57 bits per heavy atom. The van der Waals surface area contributed by atoms with Crippen LogP contribution in [0.15, 0.2) is 23.6 Å². The van der Waals surface area contributed by atoms with Crippen LogP contribution in [0.1, 0.15) is 36.6 Å². The number of rotatable bonds is 5. The summed E-state index contributed by atoms with van der Waals surface area (Å²) in [6, 6.07) is 5.91. The van der Waals surface area contributed by atoms with Crippen molar-refractivity contribution in [1.29, 1.82) is 0 Å². The molecule has 0 aliphatic rings. The first-order valence-corrected chi connectivity index (χ1v) is 7.79. The van der Waals surface area contributed by atoms with Crippen molar-refractivity contribution in [3.63, 3.8) is 0 Å². The Bertz CT molecular complexity index is 615. The zero-order valence-corrected chi connectivity index (χ0v) is 13.6. The largest absolute Gasteiger partial charge is 0.483 e. The maximum absolute atomic E-state index is 11.9. The van der Waals surface area contributed by atoms with Gasteiger partial charge in [-0.2, -0.15) is 0 Å². The SMILES string of the molecule is Cc1cccc(C)c1OCC(=O)Nc1nc(C(C)C)cs1. The van der Waals surface area contributed by atoms with Gasteiger partial charge in [-0.25, -0.2) is 4.98 Å². The predicted octanol–water partition coefficient (Wildman–Crippen LogP) is 3.90. The number of carbonyl (C=O) groups excluding carboxylic acids is 1. The Kier molecular flexibility index (Phi) is 4.96. The van der Waals surface area contributed by atoms with Crippen molar-refractivity contribution in [2.75, 3.05) is 11.9 Å². The highest BCUT2D eigenvalue weighted by Gasteiger charge is 2.10. The van der Waals surface area contributed by atoms with E-state index in [1.807, 2.05) is 37.4 Å². The van der Waals surface area contributed by atoms with Gasteiger partial charge in [-0.3, -0.25) is 10.1 Å². The molecule has 1 aromatic carbocycles. The second kappa shape index (κ2) is 6.72. The minimum atomic E-state index is -0.192. The van der Waals surface area contributed by atoms with Crippen molar-refractivity contribution in [2.45, 2.75) is 33.6 Å². The second-order valence-electron chi connectivity index (χ2n) is 5.29. The summed E-state index contributed by atoms with van der Waals surface area (Å²) in [5, 5.41) is 5.35. The summed E-state index contributed by atoms with van der Waals surface area (Å²) < 4.78 is 5.62. The van der Waals surface area contributed by atoms with Crippen molar-refractivity contribution in [2.24, 2.45) is 0 Å². The molecule has 112 valence electrons. The number of thiazole rings is 1. The molecule has 0 aliphatic heterocycles. The third-order valence-electron chi connectivity index (χ3n) is 3.12. The number of para-hydroxylation sites is 1. The molecule has 1 N–H and O–H groups in total. The van der Waals surface area contributed by atoms with Crippen molar-refractivity contribution in [3.8, 4) is 5.75 Å². The number of aryl methyl sites for hydroxylation is 2. The van der Waals surface area contributed by atoms with E-state index in [-0.39, 0.29) is 12.5 Å². The normalized spacial score (nSPS) is 10.7. The van der Waals surface area contributed by atoms with Crippen LogP contribution in [0.25, 0.3) is 0 Å². The zero-order chi connectivity index (χ0) is 15.4. The molecule has 2 rings (SSSR count). The number of nitrogens with one attached hydrogen (secondary N) is 1. The standard InChI is InChI=1S/C16H20N2O2S/c1-10(2)13-9-21-16(17-13)18-14(19)8-20-15-11(3)6-5-7-12(15)4/h5-7,9-10H,8H2,1-4H3,(H,17,18,19). The number of ether oxygens (including phenoxy) is 1. The number of anilines is 1. The number of hydrogen-bond acceptors (Lipinski definition) is 4. The molecule has 5 heteroatoms. The van der Waals surface area contributed by atoms with Crippen LogP contribution in [0.5, 0.6) is 5.75 Å². The highest BCUT2D eigenvalue weighted by atomic mass is 32.1. The van der Waals surface area contributed by atoms with E-state index in [0.717, 1.165) is 22.6 Å². The number of aromatic nitrogens is 1. The molecule has 1 aromatic heterocycles. The quantitative estimate of drug-likeness (QED) is 0.911. The second-order valence-corrected chi connectivity index (χ2v) is 6.15. The first-order chi connectivity index (χ1) is 9.97. The van der Waals surface area contributed by atoms with Crippen LogP contribution in [0, 0.1) is 13.8 Å². The zero-order valence-electron chi connectivity index (χ0n) is 12.8. The number of amides is 1. The van der Waals surface area contributed by atoms with E-state index in [0.29, 0.717) is 11.0 Å². The molecular formula is C16H20N2O2S. The van der Waals surface area contributed by atoms with Crippen LogP contribution in [0.3, 0.4) is 0 Å². The van der Waals surface area contributed by atoms with Gasteiger partial charge in [0.1, 0.15) is 5.75 Å². The monoisotopic (exact) mass is 304 g/mol. The Morgan fingerprint density at radius 2 is 2.00 bits per heavy atom. The first-order valence-electron chi connectivity index (χ1n) is 6.91. The smallest absolute Gasteiger partial charge is 0.264 e. The van der Waals surface area contributed by atoms with Crippen LogP contribution in [-0.2, 0) is 4.79 Å². The van der Waals surface area contributed by atoms with E-state index in [9.17, 15) is 4.79 Å². The molecule has 0 bridgehead atoms. The molecule has 4 nitrogen and oxygen atoms in total. The van der Waals surface area contributed by atoms with Gasteiger partial charge in [0.2, 0.25) is 0 Å². The number of hydrogen-bond donors (Lipinski definition) is 1. The van der Waals surface area contributed by atoms with E-state index >= 15 is 0 Å². The van der Waals surface area contributed by atoms with Gasteiger partial charge in [0.25, 0.3) is 5.91 Å². The predicted molar refractivity (Wildman–Crippen MR) is 86.2 cm³/mol. The maximum atomic E-state index is 11.9. The van der Waals surface area contributed by atoms with Gasteiger partial charge < -0.3 is 4.74 Å². The Morgan fingerprint density at radius 1 is 1.33 bits per heavy atom. The Balaban J connectivity index is 1.93. The summed E-state index contributed by atoms with van der Waals surface area (Å²) in [6.45, 7) is 8.07.